The van der Waals surface area contributed by atoms with E-state index in [0.717, 1.165) is 22.0 Å². The molecule has 13 nitrogen and oxygen atoms in total. The van der Waals surface area contributed by atoms with Crippen LogP contribution in [-0.2, 0) is 24.4 Å². The Morgan fingerprint density at radius 3 is 2.49 bits per heavy atom. The number of nitrogens with one attached hydrogen (secondary N) is 3. The standard InChI is InChI=1S/C37H46N6O7S/c1-8-24-19-37(24,35(46)42-51(47,48)27-10-11-27)43-20-26(50-34-28-12-9-25(49-7)17-23(28)13-14-38-34)18-29(43)32(44)41-33(45)31(36(4,5)6)40-30-16-21(2)15-22(3)39-30/h8-9,12-17,24,26-27,29,31H,1,10-11,18-20H2,2-7H3,(H,39,40)(H,42,46)(H,41,44,45)/t24-,26-,29+,31+,37-/m1/s1. The van der Waals surface area contributed by atoms with E-state index in [4.69, 9.17) is 9.47 Å². The number of carbonyl (C=O) groups is 3. The van der Waals surface area contributed by atoms with E-state index in [1.807, 2.05) is 65.0 Å². The first-order chi connectivity index (χ1) is 24.0. The lowest BCUT2D eigenvalue weighted by molar-refractivity contribution is -0.136. The van der Waals surface area contributed by atoms with Gasteiger partial charge in [0.2, 0.25) is 27.7 Å². The number of hydrogen-bond acceptors (Lipinski definition) is 11. The minimum absolute atomic E-state index is 0.0924. The molecule has 1 saturated heterocycles. The number of imide groups is 1. The fraction of sp³-hybridized carbons (Fsp3) is 0.486. The molecule has 272 valence electrons. The van der Waals surface area contributed by atoms with Gasteiger partial charge in [0.05, 0.1) is 18.4 Å². The van der Waals surface area contributed by atoms with Gasteiger partial charge < -0.3 is 14.8 Å². The Hall–Kier alpha value is -4.56. The monoisotopic (exact) mass is 718 g/mol. The Labute approximate surface area is 298 Å². The van der Waals surface area contributed by atoms with Gasteiger partial charge in [-0.2, -0.15) is 0 Å². The molecule has 2 saturated carbocycles. The lowest BCUT2D eigenvalue weighted by Gasteiger charge is -2.34. The molecule has 0 radical (unpaired) electrons. The van der Waals surface area contributed by atoms with Crippen LogP contribution in [0.3, 0.4) is 0 Å². The number of aromatic nitrogens is 2. The summed E-state index contributed by atoms with van der Waals surface area (Å²) in [5.74, 6) is -0.824. The number of nitrogens with zero attached hydrogens (tertiary/aromatic N) is 3. The van der Waals surface area contributed by atoms with E-state index in [9.17, 15) is 22.8 Å². The van der Waals surface area contributed by atoms with Crippen LogP contribution >= 0.6 is 0 Å². The largest absolute Gasteiger partial charge is 0.497 e. The van der Waals surface area contributed by atoms with Crippen molar-refractivity contribution >= 4 is 44.3 Å². The van der Waals surface area contributed by atoms with Gasteiger partial charge in [-0.3, -0.25) is 29.3 Å². The molecular weight excluding hydrogens is 673 g/mol. The highest BCUT2D eigenvalue weighted by atomic mass is 32.2. The molecule has 3 N–H and O–H groups in total. The molecule has 14 heteroatoms. The van der Waals surface area contributed by atoms with Gasteiger partial charge >= 0.3 is 0 Å². The number of rotatable bonds is 12. The van der Waals surface area contributed by atoms with Crippen molar-refractivity contribution in [3.8, 4) is 11.6 Å². The van der Waals surface area contributed by atoms with Crippen molar-refractivity contribution in [3.05, 3.63) is 66.5 Å². The molecular formula is C37H46N6O7S. The van der Waals surface area contributed by atoms with Crippen molar-refractivity contribution in [2.75, 3.05) is 19.0 Å². The number of amides is 3. The van der Waals surface area contributed by atoms with E-state index in [2.05, 4.69) is 31.9 Å². The van der Waals surface area contributed by atoms with Gasteiger partial charge in [0.1, 0.15) is 29.3 Å². The number of carbonyl (C=O) groups excluding carboxylic acids is 3. The molecule has 3 aliphatic rings. The number of anilines is 1. The van der Waals surface area contributed by atoms with E-state index in [0.29, 0.717) is 30.3 Å². The highest BCUT2D eigenvalue weighted by molar-refractivity contribution is 7.91. The number of hydrogen-bond donors (Lipinski definition) is 3. The van der Waals surface area contributed by atoms with Crippen LogP contribution in [-0.4, -0.2) is 83.6 Å². The molecule has 0 unspecified atom stereocenters. The quantitative estimate of drug-likeness (QED) is 0.233. The normalized spacial score (nSPS) is 24.0. The highest BCUT2D eigenvalue weighted by Gasteiger charge is 2.67. The lowest BCUT2D eigenvalue weighted by Crippen LogP contribution is -2.59. The first-order valence-corrected chi connectivity index (χ1v) is 18.7. The Kier molecular flexibility index (Phi) is 9.61. The van der Waals surface area contributed by atoms with E-state index in [-0.39, 0.29) is 19.4 Å². The number of pyridine rings is 2. The molecule has 6 rings (SSSR count). The summed E-state index contributed by atoms with van der Waals surface area (Å²) in [7, 11) is -2.30. The van der Waals surface area contributed by atoms with Crippen molar-refractivity contribution in [2.45, 2.75) is 89.3 Å². The molecule has 3 aromatic rings. The topological polar surface area (TPSA) is 169 Å². The second-order valence-electron chi connectivity index (χ2n) is 15.0. The number of fused-ring (bicyclic) bond motifs is 1. The lowest BCUT2D eigenvalue weighted by atomic mass is 9.86. The average molecular weight is 719 g/mol. The van der Waals surface area contributed by atoms with Crippen LogP contribution in [0.5, 0.6) is 11.6 Å². The van der Waals surface area contributed by atoms with Crippen LogP contribution < -0.4 is 24.8 Å². The Bertz CT molecular complexity index is 1970. The molecule has 0 spiro atoms. The van der Waals surface area contributed by atoms with Crippen LogP contribution in [0.15, 0.2) is 55.3 Å². The smallest absolute Gasteiger partial charge is 0.254 e. The summed E-state index contributed by atoms with van der Waals surface area (Å²) >= 11 is 0. The van der Waals surface area contributed by atoms with Crippen LogP contribution in [0.1, 0.15) is 57.7 Å². The molecule has 5 atom stereocenters. The second kappa shape index (κ2) is 13.5. The number of ether oxygens (including phenoxy) is 2. The zero-order valence-electron chi connectivity index (χ0n) is 29.9. The molecule has 3 amide bonds. The van der Waals surface area contributed by atoms with Crippen LogP contribution in [0.25, 0.3) is 10.8 Å². The minimum Gasteiger partial charge on any atom is -0.497 e. The van der Waals surface area contributed by atoms with Crippen LogP contribution in [0.2, 0.25) is 0 Å². The predicted molar refractivity (Wildman–Crippen MR) is 193 cm³/mol. The first-order valence-electron chi connectivity index (χ1n) is 17.2. The van der Waals surface area contributed by atoms with E-state index in [1.54, 1.807) is 30.3 Å². The second-order valence-corrected chi connectivity index (χ2v) is 16.9. The molecule has 3 heterocycles. The third-order valence-electron chi connectivity index (χ3n) is 9.92. The first kappa shape index (κ1) is 36.2. The van der Waals surface area contributed by atoms with E-state index >= 15 is 0 Å². The summed E-state index contributed by atoms with van der Waals surface area (Å²) < 4.78 is 40.0. The number of benzene rings is 1. The zero-order valence-corrected chi connectivity index (χ0v) is 30.7. The average Bonchev–Trinajstić information content (AvgIpc) is 3.99. The molecule has 51 heavy (non-hydrogen) atoms. The van der Waals surface area contributed by atoms with Gasteiger partial charge in [0.15, 0.2) is 0 Å². The maximum atomic E-state index is 14.3. The minimum atomic E-state index is -3.88. The van der Waals surface area contributed by atoms with Gasteiger partial charge in [-0.05, 0) is 85.9 Å². The number of sulfonamides is 1. The molecule has 2 aliphatic carbocycles. The van der Waals surface area contributed by atoms with Gasteiger partial charge in [-0.25, -0.2) is 18.4 Å². The summed E-state index contributed by atoms with van der Waals surface area (Å²) in [6.45, 7) is 13.4. The Morgan fingerprint density at radius 1 is 1.12 bits per heavy atom. The summed E-state index contributed by atoms with van der Waals surface area (Å²) in [6, 6.07) is 9.21. The van der Waals surface area contributed by atoms with Crippen LogP contribution in [0, 0.1) is 25.2 Å². The molecule has 0 bridgehead atoms. The van der Waals surface area contributed by atoms with Gasteiger partial charge in [0, 0.05) is 36.2 Å². The third kappa shape index (κ3) is 7.43. The molecule has 2 aromatic heterocycles. The van der Waals surface area contributed by atoms with Gasteiger partial charge in [0.25, 0.3) is 5.91 Å². The highest BCUT2D eigenvalue weighted by Crippen LogP contribution is 2.53. The van der Waals surface area contributed by atoms with E-state index < -0.39 is 68.1 Å². The van der Waals surface area contributed by atoms with Crippen molar-refractivity contribution in [1.29, 1.82) is 0 Å². The maximum Gasteiger partial charge on any atom is 0.254 e. The van der Waals surface area contributed by atoms with Crippen molar-refractivity contribution < 1.29 is 32.3 Å². The summed E-state index contributed by atoms with van der Waals surface area (Å²) in [6.07, 6.45) is 3.91. The fourth-order valence-electron chi connectivity index (χ4n) is 7.05. The summed E-state index contributed by atoms with van der Waals surface area (Å²) in [4.78, 5) is 52.8. The molecule has 1 aromatic carbocycles. The number of aryl methyl sites for hydroxylation is 2. The van der Waals surface area contributed by atoms with Crippen molar-refractivity contribution in [3.63, 3.8) is 0 Å². The maximum absolute atomic E-state index is 14.3. The SMILES string of the molecule is C=C[C@@H]1C[C@@]1(C(=O)NS(=O)(=O)C1CC1)N1C[C@H](Oc2nccc3cc(OC)ccc23)C[C@H]1C(=O)NC(=O)[C@H](Nc1cc(C)cc(C)n1)C(C)(C)C. The predicted octanol–water partition coefficient (Wildman–Crippen LogP) is 3.80. The van der Waals surface area contributed by atoms with Gasteiger partial charge in [-0.15, -0.1) is 6.58 Å². The van der Waals surface area contributed by atoms with Crippen molar-refractivity contribution in [2.24, 2.45) is 11.3 Å². The Morgan fingerprint density at radius 2 is 1.86 bits per heavy atom. The number of methoxy groups -OCH3 is 1. The Balaban J connectivity index is 1.30. The van der Waals surface area contributed by atoms with Crippen molar-refractivity contribution in [1.82, 2.24) is 24.9 Å². The summed E-state index contributed by atoms with van der Waals surface area (Å²) in [5.41, 5.74) is -0.259. The number of likely N-dealkylation sites (tertiary alicyclic amines) is 1. The van der Waals surface area contributed by atoms with Crippen LogP contribution in [0.4, 0.5) is 5.82 Å². The fourth-order valence-corrected chi connectivity index (χ4v) is 8.41. The zero-order chi connectivity index (χ0) is 36.9. The molecule has 1 aliphatic heterocycles. The summed E-state index contributed by atoms with van der Waals surface area (Å²) in [5, 5.41) is 6.78. The molecule has 3 fully saturated rings. The van der Waals surface area contributed by atoms with E-state index in [1.165, 1.54) is 0 Å². The van der Waals surface area contributed by atoms with Gasteiger partial charge in [-0.1, -0.05) is 26.8 Å². The third-order valence-corrected chi connectivity index (χ3v) is 11.7.